The maximum absolute atomic E-state index is 5.33. The molecule has 4 aromatic heterocycles. The fraction of sp³-hybridized carbons (Fsp3) is 0. The summed E-state index contributed by atoms with van der Waals surface area (Å²) < 4.78 is 4.34. The SMILES string of the molecule is c1ccc(-c2ccnc(-n3c4ccccc4c4nc5c6ccccc6n(-c6ccccc6)c5nc43)c2)cc1. The highest BCUT2D eigenvalue weighted by atomic mass is 15.2. The molecule has 8 rings (SSSR count). The van der Waals surface area contributed by atoms with Crippen LogP contribution in [0.15, 0.2) is 128 Å². The van der Waals surface area contributed by atoms with Crippen molar-refractivity contribution in [2.45, 2.75) is 0 Å². The van der Waals surface area contributed by atoms with Gasteiger partial charge in [0.2, 0.25) is 0 Å². The van der Waals surface area contributed by atoms with Crippen LogP contribution < -0.4 is 0 Å². The van der Waals surface area contributed by atoms with Gasteiger partial charge in [-0.15, -0.1) is 0 Å². The average Bonchev–Trinajstić information content (AvgIpc) is 3.49. The predicted octanol–water partition coefficient (Wildman–Crippen LogP) is 7.73. The molecular formula is C33H21N5. The van der Waals surface area contributed by atoms with Crippen molar-refractivity contribution >= 4 is 44.1 Å². The molecule has 0 aliphatic rings. The number of fused-ring (bicyclic) bond motifs is 6. The lowest BCUT2D eigenvalue weighted by Gasteiger charge is -2.09. The summed E-state index contributed by atoms with van der Waals surface area (Å²) in [4.78, 5) is 15.4. The van der Waals surface area contributed by atoms with Crippen molar-refractivity contribution in [1.82, 2.24) is 24.1 Å². The minimum atomic E-state index is 0.788. The van der Waals surface area contributed by atoms with Crippen LogP contribution in [0.1, 0.15) is 0 Å². The number of nitrogens with zero attached hydrogens (tertiary/aromatic N) is 5. The molecule has 0 saturated heterocycles. The molecule has 0 saturated carbocycles. The highest BCUT2D eigenvalue weighted by Crippen LogP contribution is 2.35. The highest BCUT2D eigenvalue weighted by Gasteiger charge is 2.21. The van der Waals surface area contributed by atoms with Crippen LogP contribution >= 0.6 is 0 Å². The number of hydrogen-bond donors (Lipinski definition) is 0. The zero-order chi connectivity index (χ0) is 25.1. The first-order valence-corrected chi connectivity index (χ1v) is 12.6. The summed E-state index contributed by atoms with van der Waals surface area (Å²) in [5, 5.41) is 2.14. The lowest BCUT2D eigenvalue weighted by molar-refractivity contribution is 1.05. The largest absolute Gasteiger partial charge is 0.292 e. The Balaban J connectivity index is 1.50. The number of aromatic nitrogens is 5. The smallest absolute Gasteiger partial charge is 0.168 e. The van der Waals surface area contributed by atoms with Gasteiger partial charge in [-0.25, -0.2) is 15.0 Å². The topological polar surface area (TPSA) is 48.5 Å². The second-order valence-electron chi connectivity index (χ2n) is 9.38. The zero-order valence-electron chi connectivity index (χ0n) is 20.4. The molecule has 0 radical (unpaired) electrons. The van der Waals surface area contributed by atoms with Gasteiger partial charge in [-0.1, -0.05) is 84.9 Å². The van der Waals surface area contributed by atoms with Crippen molar-refractivity contribution < 1.29 is 0 Å². The summed E-state index contributed by atoms with van der Waals surface area (Å²) in [5.74, 6) is 0.813. The molecule has 38 heavy (non-hydrogen) atoms. The third-order valence-corrected chi connectivity index (χ3v) is 7.18. The average molecular weight is 488 g/mol. The van der Waals surface area contributed by atoms with Crippen LogP contribution in [0.25, 0.3) is 66.8 Å². The van der Waals surface area contributed by atoms with E-state index in [4.69, 9.17) is 15.0 Å². The van der Waals surface area contributed by atoms with Crippen molar-refractivity contribution in [1.29, 1.82) is 0 Å². The van der Waals surface area contributed by atoms with E-state index in [1.54, 1.807) is 0 Å². The van der Waals surface area contributed by atoms with E-state index in [-0.39, 0.29) is 0 Å². The summed E-state index contributed by atoms with van der Waals surface area (Å²) in [6.45, 7) is 0. The highest BCUT2D eigenvalue weighted by molar-refractivity contribution is 6.12. The monoisotopic (exact) mass is 487 g/mol. The third-order valence-electron chi connectivity index (χ3n) is 7.18. The maximum Gasteiger partial charge on any atom is 0.168 e. The van der Waals surface area contributed by atoms with Crippen molar-refractivity contribution in [2.24, 2.45) is 0 Å². The molecule has 0 atom stereocenters. The second-order valence-corrected chi connectivity index (χ2v) is 9.38. The van der Waals surface area contributed by atoms with E-state index in [9.17, 15) is 0 Å². The number of hydrogen-bond acceptors (Lipinski definition) is 3. The van der Waals surface area contributed by atoms with E-state index < -0.39 is 0 Å². The number of pyridine rings is 1. The molecule has 0 aliphatic carbocycles. The molecule has 178 valence electrons. The van der Waals surface area contributed by atoms with Crippen LogP contribution in [0.2, 0.25) is 0 Å². The van der Waals surface area contributed by atoms with Gasteiger partial charge in [-0.05, 0) is 47.5 Å². The molecule has 0 unspecified atom stereocenters. The quantitative estimate of drug-likeness (QED) is 0.256. The molecule has 0 N–H and O–H groups in total. The van der Waals surface area contributed by atoms with Crippen molar-refractivity contribution in [3.63, 3.8) is 0 Å². The molecule has 0 bridgehead atoms. The van der Waals surface area contributed by atoms with E-state index in [0.717, 1.165) is 66.8 Å². The van der Waals surface area contributed by atoms with E-state index in [0.29, 0.717) is 0 Å². The summed E-state index contributed by atoms with van der Waals surface area (Å²) in [6.07, 6.45) is 1.87. The predicted molar refractivity (Wildman–Crippen MR) is 154 cm³/mol. The van der Waals surface area contributed by atoms with Crippen molar-refractivity contribution in [3.8, 4) is 22.6 Å². The van der Waals surface area contributed by atoms with Gasteiger partial charge in [0.15, 0.2) is 11.3 Å². The van der Waals surface area contributed by atoms with Crippen LogP contribution in [-0.4, -0.2) is 24.1 Å². The van der Waals surface area contributed by atoms with Gasteiger partial charge in [-0.3, -0.25) is 9.13 Å². The van der Waals surface area contributed by atoms with E-state index in [1.165, 1.54) is 0 Å². The van der Waals surface area contributed by atoms with Gasteiger partial charge >= 0.3 is 0 Å². The third kappa shape index (κ3) is 3.02. The Morgan fingerprint density at radius 1 is 0.474 bits per heavy atom. The molecule has 0 spiro atoms. The summed E-state index contributed by atoms with van der Waals surface area (Å²) in [6, 6.07) is 41.6. The summed E-state index contributed by atoms with van der Waals surface area (Å²) in [5.41, 5.74) is 8.80. The second kappa shape index (κ2) is 8.11. The molecule has 4 heterocycles. The molecule has 0 aliphatic heterocycles. The number of rotatable bonds is 3. The Labute approximate surface area is 218 Å². The summed E-state index contributed by atoms with van der Waals surface area (Å²) in [7, 11) is 0. The van der Waals surface area contributed by atoms with E-state index in [1.807, 2.05) is 24.4 Å². The Hall–Kier alpha value is -5.29. The Morgan fingerprint density at radius 3 is 1.76 bits per heavy atom. The number of benzene rings is 4. The first-order chi connectivity index (χ1) is 18.9. The molecule has 5 nitrogen and oxygen atoms in total. The molecular weight excluding hydrogens is 466 g/mol. The standard InChI is InChI=1S/C33H21N5/c1-3-11-22(12-4-1)23-19-20-34-29(21-23)38-28-18-10-8-16-26(28)31-33(38)36-32-30(35-31)25-15-7-9-17-27(25)37(32)24-13-5-2-6-14-24/h1-21H. The zero-order valence-corrected chi connectivity index (χ0v) is 20.4. The van der Waals surface area contributed by atoms with Gasteiger partial charge in [0.05, 0.1) is 11.0 Å². The van der Waals surface area contributed by atoms with Crippen LogP contribution in [0, 0.1) is 0 Å². The van der Waals surface area contributed by atoms with Crippen LogP contribution in [0.4, 0.5) is 0 Å². The molecule has 8 aromatic rings. The fourth-order valence-corrected chi connectivity index (χ4v) is 5.48. The van der Waals surface area contributed by atoms with Crippen LogP contribution in [0.5, 0.6) is 0 Å². The van der Waals surface area contributed by atoms with Gasteiger partial charge in [-0.2, -0.15) is 0 Å². The van der Waals surface area contributed by atoms with Crippen LogP contribution in [0.3, 0.4) is 0 Å². The lowest BCUT2D eigenvalue weighted by Crippen LogP contribution is -2.01. The van der Waals surface area contributed by atoms with Gasteiger partial charge in [0, 0.05) is 22.7 Å². The van der Waals surface area contributed by atoms with E-state index in [2.05, 4.69) is 112 Å². The Kier molecular flexibility index (Phi) is 4.45. The molecule has 0 fully saturated rings. The summed E-state index contributed by atoms with van der Waals surface area (Å²) >= 11 is 0. The first-order valence-electron chi connectivity index (χ1n) is 12.6. The Bertz CT molecular complexity index is 2120. The normalized spacial score (nSPS) is 11.7. The van der Waals surface area contributed by atoms with Crippen molar-refractivity contribution in [2.75, 3.05) is 0 Å². The van der Waals surface area contributed by atoms with Gasteiger partial charge in [0.25, 0.3) is 0 Å². The molecule has 0 amide bonds. The van der Waals surface area contributed by atoms with E-state index >= 15 is 0 Å². The molecule has 5 heteroatoms. The maximum atomic E-state index is 5.33. The first kappa shape index (κ1) is 20.9. The molecule has 4 aromatic carbocycles. The lowest BCUT2D eigenvalue weighted by atomic mass is 10.1. The number of para-hydroxylation sites is 3. The van der Waals surface area contributed by atoms with Gasteiger partial charge in [0.1, 0.15) is 16.9 Å². The minimum absolute atomic E-state index is 0.788. The van der Waals surface area contributed by atoms with Gasteiger partial charge < -0.3 is 0 Å². The fourth-order valence-electron chi connectivity index (χ4n) is 5.48. The Morgan fingerprint density at radius 2 is 1.05 bits per heavy atom. The minimum Gasteiger partial charge on any atom is -0.292 e. The van der Waals surface area contributed by atoms with Crippen LogP contribution in [-0.2, 0) is 0 Å². The van der Waals surface area contributed by atoms with Crippen molar-refractivity contribution in [3.05, 3.63) is 128 Å².